The largest absolute Gasteiger partial charge is 0.465 e. The van der Waals surface area contributed by atoms with Gasteiger partial charge in [0, 0.05) is 5.69 Å². The van der Waals surface area contributed by atoms with Crippen LogP contribution >= 0.6 is 0 Å². The van der Waals surface area contributed by atoms with Crippen LogP contribution in [0.5, 0.6) is 0 Å². The number of hydrogen-bond donors (Lipinski definition) is 1. The molecular formula is C21H19NO2. The molecule has 3 nitrogen and oxygen atoms in total. The minimum Gasteiger partial charge on any atom is -0.465 e. The van der Waals surface area contributed by atoms with E-state index in [-0.39, 0.29) is 5.91 Å². The summed E-state index contributed by atoms with van der Waals surface area (Å²) < 4.78 is 5.36. The van der Waals surface area contributed by atoms with E-state index in [2.05, 4.69) is 5.32 Å². The van der Waals surface area contributed by atoms with E-state index >= 15 is 0 Å². The normalized spacial score (nSPS) is 11.3. The van der Waals surface area contributed by atoms with Crippen LogP contribution in [-0.4, -0.2) is 5.91 Å². The fourth-order valence-electron chi connectivity index (χ4n) is 2.43. The summed E-state index contributed by atoms with van der Waals surface area (Å²) in [7, 11) is 0. The Balaban J connectivity index is 1.93. The molecule has 1 aromatic heterocycles. The Kier molecular flexibility index (Phi) is 4.62. The number of rotatable bonds is 4. The maximum Gasteiger partial charge on any atom is 0.256 e. The molecule has 2 aromatic carbocycles. The van der Waals surface area contributed by atoms with E-state index in [1.165, 1.54) is 5.56 Å². The zero-order valence-corrected chi connectivity index (χ0v) is 13.7. The second-order valence-corrected chi connectivity index (χ2v) is 5.69. The third kappa shape index (κ3) is 3.63. The molecule has 0 radical (unpaired) electrons. The van der Waals surface area contributed by atoms with Crippen LogP contribution in [0, 0.1) is 13.8 Å². The highest BCUT2D eigenvalue weighted by Gasteiger charge is 2.13. The van der Waals surface area contributed by atoms with Crippen LogP contribution < -0.4 is 5.32 Å². The Morgan fingerprint density at radius 3 is 2.42 bits per heavy atom. The van der Waals surface area contributed by atoms with Gasteiger partial charge >= 0.3 is 0 Å². The standard InChI is InChI=1S/C21H19NO2/c1-15-10-11-18(13-16(15)2)22-21(23)20(14-19-9-6-12-24-19)17-7-4-3-5-8-17/h3-14H,1-2H3,(H,22,23)/b20-14+. The molecule has 3 rings (SSSR count). The van der Waals surface area contributed by atoms with Crippen molar-refractivity contribution in [3.8, 4) is 0 Å². The SMILES string of the molecule is Cc1ccc(NC(=O)/C(=C/c2ccco2)c2ccccc2)cc1C. The monoisotopic (exact) mass is 317 g/mol. The quantitative estimate of drug-likeness (QED) is 0.682. The van der Waals surface area contributed by atoms with Gasteiger partial charge < -0.3 is 9.73 Å². The van der Waals surface area contributed by atoms with E-state index in [0.29, 0.717) is 11.3 Å². The second-order valence-electron chi connectivity index (χ2n) is 5.69. The van der Waals surface area contributed by atoms with Gasteiger partial charge in [-0.15, -0.1) is 0 Å². The topological polar surface area (TPSA) is 42.2 Å². The van der Waals surface area contributed by atoms with Crippen molar-refractivity contribution in [2.45, 2.75) is 13.8 Å². The van der Waals surface area contributed by atoms with Gasteiger partial charge in [0.2, 0.25) is 0 Å². The van der Waals surface area contributed by atoms with Crippen LogP contribution in [0.25, 0.3) is 11.6 Å². The van der Waals surface area contributed by atoms with Crippen LogP contribution in [0.3, 0.4) is 0 Å². The molecular weight excluding hydrogens is 298 g/mol. The summed E-state index contributed by atoms with van der Waals surface area (Å²) in [5.74, 6) is 0.477. The first-order valence-corrected chi connectivity index (χ1v) is 7.83. The van der Waals surface area contributed by atoms with Gasteiger partial charge in [0.1, 0.15) is 5.76 Å². The van der Waals surface area contributed by atoms with Crippen molar-refractivity contribution in [1.29, 1.82) is 0 Å². The maximum atomic E-state index is 12.8. The summed E-state index contributed by atoms with van der Waals surface area (Å²) in [5.41, 5.74) is 4.52. The average Bonchev–Trinajstić information content (AvgIpc) is 3.10. The molecule has 0 aliphatic heterocycles. The van der Waals surface area contributed by atoms with Crippen molar-refractivity contribution in [2.24, 2.45) is 0 Å². The smallest absolute Gasteiger partial charge is 0.256 e. The van der Waals surface area contributed by atoms with Gasteiger partial charge in [-0.05, 0) is 60.9 Å². The molecule has 0 spiro atoms. The van der Waals surface area contributed by atoms with Crippen molar-refractivity contribution < 1.29 is 9.21 Å². The van der Waals surface area contributed by atoms with E-state index in [4.69, 9.17) is 4.42 Å². The molecule has 0 saturated heterocycles. The fraction of sp³-hybridized carbons (Fsp3) is 0.0952. The lowest BCUT2D eigenvalue weighted by atomic mass is 10.0. The summed E-state index contributed by atoms with van der Waals surface area (Å²) in [6.07, 6.45) is 3.35. The summed E-state index contributed by atoms with van der Waals surface area (Å²) >= 11 is 0. The lowest BCUT2D eigenvalue weighted by Gasteiger charge is -2.10. The molecule has 1 amide bonds. The fourth-order valence-corrected chi connectivity index (χ4v) is 2.43. The number of benzene rings is 2. The van der Waals surface area contributed by atoms with E-state index in [1.807, 2.05) is 68.4 Å². The summed E-state index contributed by atoms with van der Waals surface area (Å²) in [6.45, 7) is 4.08. The predicted molar refractivity (Wildman–Crippen MR) is 97.6 cm³/mol. The Morgan fingerprint density at radius 1 is 0.958 bits per heavy atom. The lowest BCUT2D eigenvalue weighted by molar-refractivity contribution is -0.111. The third-order valence-corrected chi connectivity index (χ3v) is 3.92. The molecule has 0 atom stereocenters. The van der Waals surface area contributed by atoms with Crippen molar-refractivity contribution in [1.82, 2.24) is 0 Å². The van der Waals surface area contributed by atoms with Gasteiger partial charge in [0.15, 0.2) is 0 Å². The predicted octanol–water partition coefficient (Wildman–Crippen LogP) is 5.08. The van der Waals surface area contributed by atoms with Gasteiger partial charge in [-0.25, -0.2) is 0 Å². The molecule has 0 aliphatic carbocycles. The van der Waals surface area contributed by atoms with Gasteiger partial charge in [-0.1, -0.05) is 36.4 Å². The molecule has 0 fully saturated rings. The first-order chi connectivity index (χ1) is 11.6. The van der Waals surface area contributed by atoms with E-state index in [9.17, 15) is 4.79 Å². The minimum atomic E-state index is -0.166. The molecule has 1 N–H and O–H groups in total. The minimum absolute atomic E-state index is 0.166. The first kappa shape index (κ1) is 15.8. The zero-order valence-electron chi connectivity index (χ0n) is 13.7. The van der Waals surface area contributed by atoms with Crippen LogP contribution in [0.2, 0.25) is 0 Å². The number of carbonyl (C=O) groups excluding carboxylic acids is 1. The van der Waals surface area contributed by atoms with Crippen LogP contribution in [0.4, 0.5) is 5.69 Å². The zero-order chi connectivity index (χ0) is 16.9. The first-order valence-electron chi connectivity index (χ1n) is 7.83. The van der Waals surface area contributed by atoms with E-state index in [1.54, 1.807) is 18.4 Å². The number of anilines is 1. The molecule has 0 unspecified atom stereocenters. The number of hydrogen-bond acceptors (Lipinski definition) is 2. The molecule has 24 heavy (non-hydrogen) atoms. The Morgan fingerprint density at radius 2 is 1.75 bits per heavy atom. The highest BCUT2D eigenvalue weighted by molar-refractivity contribution is 6.29. The van der Waals surface area contributed by atoms with Crippen LogP contribution in [0.1, 0.15) is 22.5 Å². The number of furan rings is 1. The molecule has 0 aliphatic rings. The summed E-state index contributed by atoms with van der Waals surface area (Å²) in [4.78, 5) is 12.8. The Bertz CT molecular complexity index is 862. The van der Waals surface area contributed by atoms with E-state index in [0.717, 1.165) is 16.8 Å². The summed E-state index contributed by atoms with van der Waals surface area (Å²) in [6, 6.07) is 19.1. The number of amides is 1. The molecule has 0 bridgehead atoms. The molecule has 3 heteroatoms. The molecule has 3 aromatic rings. The highest BCUT2D eigenvalue weighted by Crippen LogP contribution is 2.22. The van der Waals surface area contributed by atoms with Crippen LogP contribution in [-0.2, 0) is 4.79 Å². The highest BCUT2D eigenvalue weighted by atomic mass is 16.3. The summed E-state index contributed by atoms with van der Waals surface area (Å²) in [5, 5.41) is 2.97. The van der Waals surface area contributed by atoms with Gasteiger partial charge in [0.25, 0.3) is 5.91 Å². The molecule has 0 saturated carbocycles. The van der Waals surface area contributed by atoms with Crippen LogP contribution in [0.15, 0.2) is 71.3 Å². The van der Waals surface area contributed by atoms with Crippen molar-refractivity contribution >= 4 is 23.2 Å². The average molecular weight is 317 g/mol. The second kappa shape index (κ2) is 7.01. The van der Waals surface area contributed by atoms with Crippen molar-refractivity contribution in [2.75, 3.05) is 5.32 Å². The molecule has 1 heterocycles. The van der Waals surface area contributed by atoms with Gasteiger partial charge in [-0.3, -0.25) is 4.79 Å². The number of nitrogens with one attached hydrogen (secondary N) is 1. The maximum absolute atomic E-state index is 12.8. The number of carbonyl (C=O) groups is 1. The Hall–Kier alpha value is -3.07. The van der Waals surface area contributed by atoms with Gasteiger partial charge in [-0.2, -0.15) is 0 Å². The third-order valence-electron chi connectivity index (χ3n) is 3.92. The van der Waals surface area contributed by atoms with E-state index < -0.39 is 0 Å². The van der Waals surface area contributed by atoms with Gasteiger partial charge in [0.05, 0.1) is 11.8 Å². The Labute approximate surface area is 141 Å². The number of aryl methyl sites for hydroxylation is 2. The van der Waals surface area contributed by atoms with Crippen molar-refractivity contribution in [3.05, 3.63) is 89.4 Å². The molecule has 120 valence electrons. The van der Waals surface area contributed by atoms with Crippen molar-refractivity contribution in [3.63, 3.8) is 0 Å². The lowest BCUT2D eigenvalue weighted by Crippen LogP contribution is -2.13.